The molecule has 0 spiro atoms. The third kappa shape index (κ3) is 3.17. The number of hydrogen-bond acceptors (Lipinski definition) is 3. The molecule has 0 saturated heterocycles. The summed E-state index contributed by atoms with van der Waals surface area (Å²) >= 11 is 3.40. The van der Waals surface area contributed by atoms with Gasteiger partial charge in [-0.3, -0.25) is 9.78 Å². The van der Waals surface area contributed by atoms with Gasteiger partial charge in [0.05, 0.1) is 11.3 Å². The number of nitrogens with one attached hydrogen (secondary N) is 2. The van der Waals surface area contributed by atoms with Crippen LogP contribution in [0.15, 0.2) is 34.9 Å². The lowest BCUT2D eigenvalue weighted by molar-refractivity contribution is 0.102. The molecule has 1 amide bonds. The topological polar surface area (TPSA) is 54.0 Å². The summed E-state index contributed by atoms with van der Waals surface area (Å²) in [5.74, 6) is -0.178. The summed E-state index contributed by atoms with van der Waals surface area (Å²) in [6, 6.07) is 7.63. The van der Waals surface area contributed by atoms with Gasteiger partial charge in [-0.05, 0) is 37.6 Å². The summed E-state index contributed by atoms with van der Waals surface area (Å²) in [6.07, 6.45) is 1.59. The van der Waals surface area contributed by atoms with Crippen LogP contribution in [0.2, 0.25) is 0 Å². The molecule has 104 valence electrons. The normalized spacial score (nSPS) is 10.2. The van der Waals surface area contributed by atoms with Gasteiger partial charge in [-0.2, -0.15) is 0 Å². The molecule has 0 saturated carbocycles. The predicted molar refractivity (Wildman–Crippen MR) is 85.4 cm³/mol. The van der Waals surface area contributed by atoms with Gasteiger partial charge in [0.1, 0.15) is 0 Å². The van der Waals surface area contributed by atoms with Crippen molar-refractivity contribution in [3.63, 3.8) is 0 Å². The molecule has 5 heteroatoms. The van der Waals surface area contributed by atoms with E-state index in [1.165, 1.54) is 0 Å². The van der Waals surface area contributed by atoms with Crippen molar-refractivity contribution in [2.75, 3.05) is 17.7 Å². The van der Waals surface area contributed by atoms with Crippen molar-refractivity contribution in [2.45, 2.75) is 13.8 Å². The van der Waals surface area contributed by atoms with Crippen LogP contribution < -0.4 is 10.6 Å². The third-order valence-electron chi connectivity index (χ3n) is 3.00. The van der Waals surface area contributed by atoms with E-state index >= 15 is 0 Å². The largest absolute Gasteiger partial charge is 0.387 e. The number of carbonyl (C=O) groups excluding carboxylic acids is 1. The lowest BCUT2D eigenvalue weighted by Gasteiger charge is -2.12. The minimum atomic E-state index is -0.178. The van der Waals surface area contributed by atoms with Crippen LogP contribution in [0.5, 0.6) is 0 Å². The second-order valence-corrected chi connectivity index (χ2v) is 5.45. The van der Waals surface area contributed by atoms with Crippen molar-refractivity contribution < 1.29 is 4.79 Å². The Labute approximate surface area is 126 Å². The highest BCUT2D eigenvalue weighted by atomic mass is 79.9. The molecule has 1 heterocycles. The van der Waals surface area contributed by atoms with E-state index in [1.54, 1.807) is 13.2 Å². The summed E-state index contributed by atoms with van der Waals surface area (Å²) < 4.78 is 0.925. The maximum Gasteiger partial charge on any atom is 0.259 e. The van der Waals surface area contributed by atoms with Crippen LogP contribution in [-0.2, 0) is 0 Å². The summed E-state index contributed by atoms with van der Waals surface area (Å²) in [4.78, 5) is 16.5. The highest BCUT2D eigenvalue weighted by Crippen LogP contribution is 2.22. The first-order chi connectivity index (χ1) is 9.51. The molecule has 20 heavy (non-hydrogen) atoms. The lowest BCUT2D eigenvalue weighted by atomic mass is 10.1. The van der Waals surface area contributed by atoms with Crippen molar-refractivity contribution in [2.24, 2.45) is 0 Å². The van der Waals surface area contributed by atoms with Gasteiger partial charge in [-0.25, -0.2) is 0 Å². The second kappa shape index (κ2) is 6.05. The first kappa shape index (κ1) is 14.5. The molecule has 4 nitrogen and oxygen atoms in total. The molecule has 0 bridgehead atoms. The Morgan fingerprint density at radius 3 is 2.65 bits per heavy atom. The molecular formula is C15H16BrN3O. The molecule has 0 fully saturated rings. The highest BCUT2D eigenvalue weighted by Gasteiger charge is 2.13. The number of hydrogen-bond donors (Lipinski definition) is 2. The molecule has 0 radical (unpaired) electrons. The van der Waals surface area contributed by atoms with Crippen LogP contribution in [0.25, 0.3) is 0 Å². The van der Waals surface area contributed by atoms with Crippen molar-refractivity contribution in [3.8, 4) is 0 Å². The van der Waals surface area contributed by atoms with Gasteiger partial charge in [0.15, 0.2) is 0 Å². The summed E-state index contributed by atoms with van der Waals surface area (Å²) in [5.41, 5.74) is 3.95. The summed E-state index contributed by atoms with van der Waals surface area (Å²) in [5, 5.41) is 5.93. The molecule has 2 N–H and O–H groups in total. The fourth-order valence-electron chi connectivity index (χ4n) is 1.87. The minimum absolute atomic E-state index is 0.178. The average Bonchev–Trinajstić information content (AvgIpc) is 2.42. The van der Waals surface area contributed by atoms with Crippen molar-refractivity contribution in [1.82, 2.24) is 4.98 Å². The van der Waals surface area contributed by atoms with E-state index in [1.807, 2.05) is 38.1 Å². The predicted octanol–water partition coefficient (Wildman–Crippen LogP) is 3.75. The fourth-order valence-corrected chi connectivity index (χ4v) is 2.23. The van der Waals surface area contributed by atoms with Crippen molar-refractivity contribution >= 4 is 33.2 Å². The Hall–Kier alpha value is -1.88. The number of benzene rings is 1. The number of aromatic nitrogens is 1. The number of anilines is 2. The molecule has 0 atom stereocenters. The number of nitrogens with zero attached hydrogens (tertiary/aromatic N) is 1. The van der Waals surface area contributed by atoms with Gasteiger partial charge in [0, 0.05) is 29.1 Å². The Bertz CT molecular complexity index is 656. The molecule has 1 aromatic carbocycles. The zero-order valence-corrected chi connectivity index (χ0v) is 13.2. The third-order valence-corrected chi connectivity index (χ3v) is 3.50. The quantitative estimate of drug-likeness (QED) is 0.899. The SMILES string of the molecule is CNc1cc(C)ncc1C(=O)Nc1cc(Br)ccc1C. The maximum absolute atomic E-state index is 12.4. The van der Waals surface area contributed by atoms with Gasteiger partial charge in [0.25, 0.3) is 5.91 Å². The van der Waals surface area contributed by atoms with Crippen LogP contribution in [0.4, 0.5) is 11.4 Å². The van der Waals surface area contributed by atoms with E-state index < -0.39 is 0 Å². The lowest BCUT2D eigenvalue weighted by Crippen LogP contribution is -2.15. The molecule has 0 aliphatic rings. The number of rotatable bonds is 3. The van der Waals surface area contributed by atoms with E-state index in [4.69, 9.17) is 0 Å². The second-order valence-electron chi connectivity index (χ2n) is 4.53. The zero-order valence-electron chi connectivity index (χ0n) is 11.6. The fraction of sp³-hybridized carbons (Fsp3) is 0.200. The summed E-state index contributed by atoms with van der Waals surface area (Å²) in [7, 11) is 1.79. The van der Waals surface area contributed by atoms with E-state index in [9.17, 15) is 4.79 Å². The van der Waals surface area contributed by atoms with Gasteiger partial charge in [0.2, 0.25) is 0 Å². The number of amides is 1. The van der Waals surface area contributed by atoms with Crippen LogP contribution in [-0.4, -0.2) is 17.9 Å². The van der Waals surface area contributed by atoms with Gasteiger partial charge in [-0.15, -0.1) is 0 Å². The smallest absolute Gasteiger partial charge is 0.259 e. The van der Waals surface area contributed by atoms with Gasteiger partial charge >= 0.3 is 0 Å². The molecule has 0 unspecified atom stereocenters. The summed E-state index contributed by atoms with van der Waals surface area (Å²) in [6.45, 7) is 3.84. The van der Waals surface area contributed by atoms with E-state index in [0.717, 1.165) is 27.1 Å². The Morgan fingerprint density at radius 1 is 1.20 bits per heavy atom. The highest BCUT2D eigenvalue weighted by molar-refractivity contribution is 9.10. The van der Waals surface area contributed by atoms with E-state index in [-0.39, 0.29) is 5.91 Å². The average molecular weight is 334 g/mol. The maximum atomic E-state index is 12.4. The van der Waals surface area contributed by atoms with Crippen LogP contribution in [0.1, 0.15) is 21.6 Å². The van der Waals surface area contributed by atoms with Gasteiger partial charge in [-0.1, -0.05) is 22.0 Å². The number of pyridine rings is 1. The molecule has 0 aliphatic heterocycles. The molecule has 1 aromatic heterocycles. The standard InChI is InChI=1S/C15H16BrN3O/c1-9-4-5-11(16)7-13(9)19-15(20)12-8-18-10(2)6-14(12)17-3/h4-8H,1-3H3,(H,17,18)(H,19,20). The number of carbonyl (C=O) groups is 1. The monoisotopic (exact) mass is 333 g/mol. The minimum Gasteiger partial charge on any atom is -0.387 e. The van der Waals surface area contributed by atoms with Crippen LogP contribution in [0.3, 0.4) is 0 Å². The Balaban J connectivity index is 2.30. The van der Waals surface area contributed by atoms with E-state index in [2.05, 4.69) is 31.5 Å². The zero-order chi connectivity index (χ0) is 14.7. The van der Waals surface area contributed by atoms with Crippen LogP contribution >= 0.6 is 15.9 Å². The van der Waals surface area contributed by atoms with E-state index in [0.29, 0.717) is 5.56 Å². The first-order valence-electron chi connectivity index (χ1n) is 6.23. The van der Waals surface area contributed by atoms with Gasteiger partial charge < -0.3 is 10.6 Å². The van der Waals surface area contributed by atoms with Crippen LogP contribution in [0, 0.1) is 13.8 Å². The number of halogens is 1. The Kier molecular flexibility index (Phi) is 4.39. The molecule has 0 aliphatic carbocycles. The number of aryl methyl sites for hydroxylation is 2. The molecular weight excluding hydrogens is 318 g/mol. The molecule has 2 rings (SSSR count). The van der Waals surface area contributed by atoms with Crippen molar-refractivity contribution in [3.05, 3.63) is 51.8 Å². The first-order valence-corrected chi connectivity index (χ1v) is 7.02. The molecule has 2 aromatic rings. The van der Waals surface area contributed by atoms with Crippen molar-refractivity contribution in [1.29, 1.82) is 0 Å². The Morgan fingerprint density at radius 2 is 1.95 bits per heavy atom.